The predicted octanol–water partition coefficient (Wildman–Crippen LogP) is 7.89. The first-order chi connectivity index (χ1) is 12.9. The Morgan fingerprint density at radius 2 is 0.933 bits per heavy atom. The second-order valence-electron chi connectivity index (χ2n) is 8.58. The van der Waals surface area contributed by atoms with Crippen LogP contribution in [0.3, 0.4) is 0 Å². The first-order valence-electron chi connectivity index (χ1n) is 10.7. The van der Waals surface area contributed by atoms with Crippen molar-refractivity contribution in [1.82, 2.24) is 0 Å². The first kappa shape index (κ1) is 33.5. The lowest BCUT2D eigenvalue weighted by Gasteiger charge is -2.04. The highest BCUT2D eigenvalue weighted by atomic mass is 28.3. The van der Waals surface area contributed by atoms with E-state index in [4.69, 9.17) is 5.73 Å². The fraction of sp³-hybridized carbons (Fsp3) is 0.556. The molecule has 0 heterocycles. The zero-order valence-corrected chi connectivity index (χ0v) is 20.6. The molecule has 30 heavy (non-hydrogen) atoms. The third kappa shape index (κ3) is 16.6. The lowest BCUT2D eigenvalue weighted by atomic mass is 10.1. The minimum absolute atomic E-state index is 0. The average molecular weight is 448 g/mol. The molecule has 3 heteroatoms. The Hall–Kier alpha value is -1.17. The van der Waals surface area contributed by atoms with E-state index >= 15 is 0 Å². The molecule has 0 aromatic heterocycles. The molecule has 0 aliphatic carbocycles. The molecule has 0 fully saturated rings. The van der Waals surface area contributed by atoms with Gasteiger partial charge in [-0.15, -0.1) is 0 Å². The lowest BCUT2D eigenvalue weighted by Crippen LogP contribution is -2.00. The average Bonchev–Trinajstić information content (AvgIpc) is 2.64. The highest BCUT2D eigenvalue weighted by Crippen LogP contribution is 2.09. The van der Waals surface area contributed by atoms with Crippen LogP contribution in [0.5, 0.6) is 0 Å². The van der Waals surface area contributed by atoms with E-state index in [1.807, 2.05) is 0 Å². The van der Waals surface area contributed by atoms with Crippen LogP contribution in [0.15, 0.2) is 48.5 Å². The van der Waals surface area contributed by atoms with Crippen LogP contribution in [0.2, 0.25) is 38.3 Å². The van der Waals surface area contributed by atoms with Gasteiger partial charge >= 0.3 is 0 Å². The number of aryl methyl sites for hydroxylation is 3. The van der Waals surface area contributed by atoms with Crippen LogP contribution in [0, 0.1) is 6.92 Å². The van der Waals surface area contributed by atoms with Crippen molar-refractivity contribution >= 4 is 17.6 Å². The summed E-state index contributed by atoms with van der Waals surface area (Å²) in [5.74, 6) is 0. The maximum Gasteiger partial charge on any atom is 0.0305 e. The van der Waals surface area contributed by atoms with Crippen molar-refractivity contribution in [3.8, 4) is 0 Å². The SMILES string of the molecule is C.C.C.C[SiH](C)CCCc1ccc(CN)cc1.Cc1ccc(CCC[SiH](C)C)cc1. The molecule has 2 aromatic rings. The predicted molar refractivity (Wildman–Crippen MR) is 150 cm³/mol. The zero-order chi connectivity index (χ0) is 20.1. The molecule has 0 atom stereocenters. The molecule has 0 radical (unpaired) electrons. The Labute approximate surface area is 193 Å². The van der Waals surface area contributed by atoms with Crippen molar-refractivity contribution in [2.75, 3.05) is 0 Å². The number of hydrogen-bond donors (Lipinski definition) is 1. The third-order valence-corrected chi connectivity index (χ3v) is 8.00. The van der Waals surface area contributed by atoms with Gasteiger partial charge in [-0.25, -0.2) is 0 Å². The molecule has 0 aliphatic heterocycles. The van der Waals surface area contributed by atoms with Crippen molar-refractivity contribution in [1.29, 1.82) is 0 Å². The topological polar surface area (TPSA) is 26.0 Å². The fourth-order valence-electron chi connectivity index (χ4n) is 3.03. The second-order valence-corrected chi connectivity index (χ2v) is 15.3. The van der Waals surface area contributed by atoms with Gasteiger partial charge in [0.1, 0.15) is 0 Å². The largest absolute Gasteiger partial charge is 0.326 e. The molecule has 1 nitrogen and oxygen atoms in total. The Balaban J connectivity index is -0.000000443. The van der Waals surface area contributed by atoms with Crippen LogP contribution in [0.25, 0.3) is 0 Å². The van der Waals surface area contributed by atoms with E-state index < -0.39 is 0 Å². The van der Waals surface area contributed by atoms with Gasteiger partial charge in [0.2, 0.25) is 0 Å². The summed E-state index contributed by atoms with van der Waals surface area (Å²) >= 11 is 0. The summed E-state index contributed by atoms with van der Waals surface area (Å²) in [5.41, 5.74) is 11.1. The Morgan fingerprint density at radius 1 is 0.600 bits per heavy atom. The van der Waals surface area contributed by atoms with Crippen LogP contribution >= 0.6 is 0 Å². The molecule has 0 amide bonds. The molecular formula is C27H53NSi2. The second kappa shape index (κ2) is 19.8. The lowest BCUT2D eigenvalue weighted by molar-refractivity contribution is 0.907. The first-order valence-corrected chi connectivity index (χ1v) is 17.0. The van der Waals surface area contributed by atoms with Gasteiger partial charge in [0.05, 0.1) is 0 Å². The summed E-state index contributed by atoms with van der Waals surface area (Å²) in [5, 5.41) is 0. The van der Waals surface area contributed by atoms with E-state index in [1.165, 1.54) is 60.0 Å². The summed E-state index contributed by atoms with van der Waals surface area (Å²) < 4.78 is 0. The van der Waals surface area contributed by atoms with E-state index in [1.54, 1.807) is 0 Å². The monoisotopic (exact) mass is 447 g/mol. The highest BCUT2D eigenvalue weighted by Gasteiger charge is 1.98. The summed E-state index contributed by atoms with van der Waals surface area (Å²) in [6, 6.07) is 20.6. The smallest absolute Gasteiger partial charge is 0.0305 e. The van der Waals surface area contributed by atoms with E-state index in [9.17, 15) is 0 Å². The quantitative estimate of drug-likeness (QED) is 0.388. The Morgan fingerprint density at radius 3 is 1.27 bits per heavy atom. The zero-order valence-electron chi connectivity index (χ0n) is 18.3. The molecule has 2 N–H and O–H groups in total. The molecule has 0 saturated heterocycles. The molecule has 174 valence electrons. The summed E-state index contributed by atoms with van der Waals surface area (Å²) in [6.07, 6.45) is 5.24. The van der Waals surface area contributed by atoms with Crippen LogP contribution in [0.4, 0.5) is 0 Å². The Kier molecular flexibility index (Phi) is 22.1. The van der Waals surface area contributed by atoms with Crippen LogP contribution in [-0.4, -0.2) is 17.6 Å². The highest BCUT2D eigenvalue weighted by molar-refractivity contribution is 6.55. The summed E-state index contributed by atoms with van der Waals surface area (Å²) in [6.45, 7) is 12.5. The molecule has 2 rings (SSSR count). The maximum atomic E-state index is 5.55. The van der Waals surface area contributed by atoms with Crippen molar-refractivity contribution in [3.63, 3.8) is 0 Å². The van der Waals surface area contributed by atoms with Crippen molar-refractivity contribution in [2.45, 2.75) is 99.7 Å². The van der Waals surface area contributed by atoms with Gasteiger partial charge in [0.15, 0.2) is 0 Å². The molecule has 0 bridgehead atoms. The summed E-state index contributed by atoms with van der Waals surface area (Å²) in [4.78, 5) is 0. The standard InChI is InChI=1S/C12H21NSi.C12H20Si.3CH4/c1-14(2)9-3-4-11-5-7-12(10-13)8-6-11;1-11-6-8-12(9-7-11)5-4-10-13(2)3;;;/h5-8,14H,3-4,9-10,13H2,1-2H3;6-9,13H,4-5,10H2,1-3H3;3*1H4. The molecule has 0 unspecified atom stereocenters. The van der Waals surface area contributed by atoms with Gasteiger partial charge in [-0.1, -0.05) is 127 Å². The minimum atomic E-state index is -0.348. The fourth-order valence-corrected chi connectivity index (χ4v) is 5.07. The van der Waals surface area contributed by atoms with Crippen molar-refractivity contribution < 1.29 is 0 Å². The normalized spacial score (nSPS) is 9.73. The van der Waals surface area contributed by atoms with Crippen LogP contribution < -0.4 is 5.73 Å². The number of nitrogens with two attached hydrogens (primary N) is 1. The minimum Gasteiger partial charge on any atom is -0.326 e. The van der Waals surface area contributed by atoms with Gasteiger partial charge in [0, 0.05) is 24.1 Å². The van der Waals surface area contributed by atoms with Crippen molar-refractivity contribution in [3.05, 3.63) is 70.8 Å². The maximum absolute atomic E-state index is 5.55. The van der Waals surface area contributed by atoms with E-state index in [2.05, 4.69) is 81.6 Å². The number of rotatable bonds is 9. The van der Waals surface area contributed by atoms with Crippen LogP contribution in [-0.2, 0) is 19.4 Å². The van der Waals surface area contributed by atoms with E-state index in [0.29, 0.717) is 6.54 Å². The Bertz CT molecular complexity index is 604. The van der Waals surface area contributed by atoms with Gasteiger partial charge in [-0.05, 0) is 36.5 Å². The number of benzene rings is 2. The van der Waals surface area contributed by atoms with Gasteiger partial charge in [-0.2, -0.15) is 0 Å². The molecule has 0 saturated carbocycles. The molecule has 0 aliphatic rings. The van der Waals surface area contributed by atoms with Gasteiger partial charge in [-0.3, -0.25) is 0 Å². The molecule has 2 aromatic carbocycles. The number of hydrogen-bond acceptors (Lipinski definition) is 1. The van der Waals surface area contributed by atoms with Crippen molar-refractivity contribution in [2.24, 2.45) is 5.73 Å². The van der Waals surface area contributed by atoms with E-state index in [-0.39, 0.29) is 39.9 Å². The molecule has 0 spiro atoms. The van der Waals surface area contributed by atoms with E-state index in [0.717, 1.165) is 0 Å². The van der Waals surface area contributed by atoms with Crippen LogP contribution in [0.1, 0.15) is 57.4 Å². The third-order valence-electron chi connectivity index (χ3n) is 4.87. The van der Waals surface area contributed by atoms with Gasteiger partial charge < -0.3 is 5.73 Å². The van der Waals surface area contributed by atoms with Gasteiger partial charge in [0.25, 0.3) is 0 Å². The summed E-state index contributed by atoms with van der Waals surface area (Å²) in [7, 11) is -0.669. The molecular weight excluding hydrogens is 394 g/mol.